The number of carbonyl (C=O) groups excluding carboxylic acids is 1. The number of nitrogens with zero attached hydrogens (tertiary/aromatic N) is 3. The minimum Gasteiger partial charge on any atom is -0.435 e. The molecule has 0 amide bonds. The number of Topliss-reactive ketones (excluding diaryl/α,β-unsaturated/α-hetero) is 1. The number of oxazole rings is 1. The lowest BCUT2D eigenvalue weighted by Crippen LogP contribution is -2.31. The first-order chi connectivity index (χ1) is 12.9. The summed E-state index contributed by atoms with van der Waals surface area (Å²) in [6.45, 7) is 3.89. The molecule has 27 heavy (non-hydrogen) atoms. The lowest BCUT2D eigenvalue weighted by molar-refractivity contribution is 0.0809. The predicted molar refractivity (Wildman–Crippen MR) is 96.3 cm³/mol. The van der Waals surface area contributed by atoms with E-state index in [1.165, 1.54) is 18.3 Å². The highest BCUT2D eigenvalue weighted by atomic mass is 19.1. The van der Waals surface area contributed by atoms with Gasteiger partial charge in [-0.2, -0.15) is 5.26 Å². The lowest BCUT2D eigenvalue weighted by Gasteiger charge is -2.28. The van der Waals surface area contributed by atoms with Crippen molar-refractivity contribution in [2.75, 3.05) is 0 Å². The molecule has 1 aliphatic carbocycles. The first-order valence-electron chi connectivity index (χ1n) is 8.59. The fourth-order valence-electron chi connectivity index (χ4n) is 3.25. The highest BCUT2D eigenvalue weighted by Gasteiger charge is 2.35. The Morgan fingerprint density at radius 2 is 2.07 bits per heavy atom. The monoisotopic (exact) mass is 361 g/mol. The summed E-state index contributed by atoms with van der Waals surface area (Å²) in [6, 6.07) is 9.37. The molecule has 4 rings (SSSR count). The van der Waals surface area contributed by atoms with Crippen LogP contribution in [0, 0.1) is 22.6 Å². The summed E-state index contributed by atoms with van der Waals surface area (Å²) in [6.07, 6.45) is 2.93. The van der Waals surface area contributed by atoms with E-state index in [9.17, 15) is 9.18 Å². The van der Waals surface area contributed by atoms with Gasteiger partial charge in [0.25, 0.3) is 0 Å². The summed E-state index contributed by atoms with van der Waals surface area (Å²) in [4.78, 5) is 21.3. The van der Waals surface area contributed by atoms with E-state index in [0.717, 1.165) is 18.2 Å². The van der Waals surface area contributed by atoms with Gasteiger partial charge in [-0.3, -0.25) is 4.79 Å². The van der Waals surface area contributed by atoms with Crippen molar-refractivity contribution in [3.8, 4) is 29.0 Å². The third kappa shape index (κ3) is 3.02. The van der Waals surface area contributed by atoms with Crippen molar-refractivity contribution >= 4 is 5.78 Å². The zero-order chi connectivity index (χ0) is 19.2. The van der Waals surface area contributed by atoms with Crippen LogP contribution in [0.3, 0.4) is 0 Å². The number of rotatable bonds is 2. The van der Waals surface area contributed by atoms with Crippen LogP contribution in [0.25, 0.3) is 22.9 Å². The van der Waals surface area contributed by atoms with E-state index in [4.69, 9.17) is 9.68 Å². The average molecular weight is 361 g/mol. The largest absolute Gasteiger partial charge is 0.435 e. The molecule has 1 aliphatic rings. The fourth-order valence-corrected chi connectivity index (χ4v) is 3.25. The summed E-state index contributed by atoms with van der Waals surface area (Å²) in [7, 11) is 0. The second kappa shape index (κ2) is 6.13. The molecule has 0 saturated heterocycles. The van der Waals surface area contributed by atoms with Crippen molar-refractivity contribution in [1.82, 2.24) is 9.97 Å². The molecule has 0 bridgehead atoms. The van der Waals surface area contributed by atoms with Crippen LogP contribution in [-0.4, -0.2) is 15.8 Å². The van der Waals surface area contributed by atoms with E-state index in [0.29, 0.717) is 29.0 Å². The third-order valence-electron chi connectivity index (χ3n) is 4.86. The number of fused-ring (bicyclic) bond motifs is 1. The molecule has 134 valence electrons. The molecule has 2 aromatic heterocycles. The van der Waals surface area contributed by atoms with Gasteiger partial charge in [0, 0.05) is 16.5 Å². The van der Waals surface area contributed by atoms with Crippen LogP contribution in [0.1, 0.15) is 41.9 Å². The molecule has 0 fully saturated rings. The van der Waals surface area contributed by atoms with Gasteiger partial charge in [0.05, 0.1) is 23.5 Å². The van der Waals surface area contributed by atoms with E-state index in [-0.39, 0.29) is 22.7 Å². The first-order valence-corrected chi connectivity index (χ1v) is 8.59. The molecule has 6 heteroatoms. The van der Waals surface area contributed by atoms with Gasteiger partial charge in [-0.15, -0.1) is 0 Å². The zero-order valence-corrected chi connectivity index (χ0v) is 14.9. The molecule has 0 radical (unpaired) electrons. The molecule has 0 N–H and O–H groups in total. The second-order valence-corrected chi connectivity index (χ2v) is 7.27. The normalized spacial score (nSPS) is 15.3. The number of ketones is 1. The van der Waals surface area contributed by atoms with Gasteiger partial charge in [-0.1, -0.05) is 13.8 Å². The van der Waals surface area contributed by atoms with Crippen molar-refractivity contribution < 1.29 is 13.6 Å². The minimum absolute atomic E-state index is 0.0969. The van der Waals surface area contributed by atoms with Crippen molar-refractivity contribution in [2.24, 2.45) is 5.41 Å². The molecule has 0 unspecified atom stereocenters. The molecule has 0 atom stereocenters. The number of benzene rings is 1. The summed E-state index contributed by atoms with van der Waals surface area (Å²) in [5.41, 5.74) is 2.17. The number of hydrogen-bond donors (Lipinski definition) is 0. The van der Waals surface area contributed by atoms with Crippen molar-refractivity contribution in [2.45, 2.75) is 26.7 Å². The molecule has 5 nitrogen and oxygen atoms in total. The number of hydrogen-bond acceptors (Lipinski definition) is 5. The second-order valence-electron chi connectivity index (χ2n) is 7.27. The lowest BCUT2D eigenvalue weighted by atomic mass is 9.75. The number of carbonyl (C=O) groups is 1. The fraction of sp³-hybridized carbons (Fsp3) is 0.238. The maximum atomic E-state index is 13.7. The van der Waals surface area contributed by atoms with Crippen LogP contribution < -0.4 is 0 Å². The number of aryl methyl sites for hydroxylation is 1. The summed E-state index contributed by atoms with van der Waals surface area (Å²) in [5.74, 6) is 0.209. The third-order valence-corrected chi connectivity index (χ3v) is 4.86. The van der Waals surface area contributed by atoms with Crippen LogP contribution in [0.5, 0.6) is 0 Å². The quantitative estimate of drug-likeness (QED) is 0.668. The Kier molecular flexibility index (Phi) is 3.88. The number of nitriles is 1. The van der Waals surface area contributed by atoms with E-state index in [2.05, 4.69) is 9.97 Å². The molecule has 0 spiro atoms. The molecule has 0 aliphatic heterocycles. The maximum Gasteiger partial charge on any atom is 0.245 e. The Hall–Kier alpha value is -3.33. The molecular weight excluding hydrogens is 345 g/mol. The molecule has 2 heterocycles. The van der Waals surface area contributed by atoms with Gasteiger partial charge in [0.2, 0.25) is 5.89 Å². The Balaban J connectivity index is 1.70. The SMILES string of the molecule is CC1(C)CCc2nc(-c3ncc(-c4cc(F)cc(C#N)c4)o3)ccc2C1=O. The highest BCUT2D eigenvalue weighted by Crippen LogP contribution is 2.35. The Labute approximate surface area is 155 Å². The van der Waals surface area contributed by atoms with Crippen LogP contribution in [0.4, 0.5) is 4.39 Å². The van der Waals surface area contributed by atoms with Gasteiger partial charge >= 0.3 is 0 Å². The topological polar surface area (TPSA) is 79.8 Å². The smallest absolute Gasteiger partial charge is 0.245 e. The summed E-state index contributed by atoms with van der Waals surface area (Å²) >= 11 is 0. The zero-order valence-electron chi connectivity index (χ0n) is 14.9. The summed E-state index contributed by atoms with van der Waals surface area (Å²) < 4.78 is 19.4. The van der Waals surface area contributed by atoms with Gasteiger partial charge in [0.1, 0.15) is 11.5 Å². The number of aromatic nitrogens is 2. The van der Waals surface area contributed by atoms with Crippen LogP contribution in [0.2, 0.25) is 0 Å². The Morgan fingerprint density at radius 1 is 1.26 bits per heavy atom. The predicted octanol–water partition coefficient (Wildman–Crippen LogP) is 4.57. The average Bonchev–Trinajstić information content (AvgIpc) is 3.14. The van der Waals surface area contributed by atoms with Crippen LogP contribution in [-0.2, 0) is 6.42 Å². The summed E-state index contributed by atoms with van der Waals surface area (Å²) in [5, 5.41) is 8.99. The van der Waals surface area contributed by atoms with E-state index >= 15 is 0 Å². The van der Waals surface area contributed by atoms with E-state index < -0.39 is 5.82 Å². The van der Waals surface area contributed by atoms with Gasteiger partial charge in [0.15, 0.2) is 11.5 Å². The van der Waals surface area contributed by atoms with E-state index in [1.807, 2.05) is 19.9 Å². The number of halogens is 1. The molecule has 0 saturated carbocycles. The molecular formula is C21H16FN3O2. The Bertz CT molecular complexity index is 1110. The number of pyridine rings is 1. The van der Waals surface area contributed by atoms with Gasteiger partial charge in [-0.25, -0.2) is 14.4 Å². The Morgan fingerprint density at radius 3 is 2.85 bits per heavy atom. The van der Waals surface area contributed by atoms with Crippen molar-refractivity contribution in [3.05, 3.63) is 59.2 Å². The van der Waals surface area contributed by atoms with Crippen molar-refractivity contribution in [1.29, 1.82) is 5.26 Å². The van der Waals surface area contributed by atoms with Gasteiger partial charge in [-0.05, 0) is 43.2 Å². The molecule has 3 aromatic rings. The van der Waals surface area contributed by atoms with Crippen molar-refractivity contribution in [3.63, 3.8) is 0 Å². The minimum atomic E-state index is -0.518. The standard InChI is InChI=1S/C21H16FN3O2/c1-21(2)6-5-16-15(19(21)26)3-4-17(25-16)20-24-11-18(27-20)13-7-12(10-23)8-14(22)9-13/h3-4,7-9,11H,5-6H2,1-2H3. The van der Waals surface area contributed by atoms with E-state index in [1.54, 1.807) is 12.1 Å². The van der Waals surface area contributed by atoms with Gasteiger partial charge < -0.3 is 4.42 Å². The molecule has 1 aromatic carbocycles. The van der Waals surface area contributed by atoms with Crippen LogP contribution in [0.15, 0.2) is 40.9 Å². The first kappa shape index (κ1) is 17.1. The van der Waals surface area contributed by atoms with Crippen LogP contribution >= 0.6 is 0 Å². The maximum absolute atomic E-state index is 13.7. The highest BCUT2D eigenvalue weighted by molar-refractivity contribution is 6.02.